The quantitative estimate of drug-likeness (QED) is 0.493. The van der Waals surface area contributed by atoms with Crippen LogP contribution in [0.1, 0.15) is 12.8 Å². The molecule has 0 aromatic carbocycles. The van der Waals surface area contributed by atoms with E-state index >= 15 is 0 Å². The van der Waals surface area contributed by atoms with Crippen LogP contribution in [0, 0.1) is 5.92 Å². The van der Waals surface area contributed by atoms with Crippen LogP contribution in [-0.4, -0.2) is 31.1 Å². The van der Waals surface area contributed by atoms with E-state index in [0.717, 1.165) is 12.5 Å². The summed E-state index contributed by atoms with van der Waals surface area (Å²) in [4.78, 5) is 3.85. The summed E-state index contributed by atoms with van der Waals surface area (Å²) in [6, 6.07) is 0. The van der Waals surface area contributed by atoms with Crippen LogP contribution in [-0.2, 0) is 0 Å². The third-order valence-corrected chi connectivity index (χ3v) is 3.20. The van der Waals surface area contributed by atoms with Crippen molar-refractivity contribution in [1.29, 1.82) is 0 Å². The molecule has 4 heteroatoms. The van der Waals surface area contributed by atoms with E-state index in [0.29, 0.717) is 5.96 Å². The van der Waals surface area contributed by atoms with Crippen LogP contribution in [0.4, 0.5) is 0 Å². The Morgan fingerprint density at radius 2 is 2.25 bits per heavy atom. The normalized spacial score (nSPS) is 20.9. The minimum Gasteiger partial charge on any atom is -0.370 e. The van der Waals surface area contributed by atoms with Gasteiger partial charge in [0.15, 0.2) is 5.96 Å². The Bertz CT molecular complexity index is 152. The lowest BCUT2D eigenvalue weighted by molar-refractivity contribution is 0.481. The Morgan fingerprint density at radius 3 is 2.83 bits per heavy atom. The van der Waals surface area contributed by atoms with Gasteiger partial charge in [-0.25, -0.2) is 0 Å². The zero-order valence-corrected chi connectivity index (χ0v) is 8.36. The van der Waals surface area contributed by atoms with Crippen molar-refractivity contribution < 1.29 is 0 Å². The molecule has 1 saturated heterocycles. The van der Waals surface area contributed by atoms with E-state index in [9.17, 15) is 0 Å². The molecule has 0 aromatic rings. The fourth-order valence-electron chi connectivity index (χ4n) is 1.28. The molecule has 1 rings (SSSR count). The van der Waals surface area contributed by atoms with Crippen LogP contribution in [0.2, 0.25) is 0 Å². The first-order chi connectivity index (χ1) is 5.83. The summed E-state index contributed by atoms with van der Waals surface area (Å²) in [6.45, 7) is 0.990. The second kappa shape index (κ2) is 5.30. The largest absolute Gasteiger partial charge is 0.370 e. The zero-order chi connectivity index (χ0) is 8.81. The molecule has 3 N–H and O–H groups in total. The number of hydrogen-bond donors (Lipinski definition) is 2. The van der Waals surface area contributed by atoms with Gasteiger partial charge in [0, 0.05) is 13.6 Å². The van der Waals surface area contributed by atoms with Crippen molar-refractivity contribution in [2.45, 2.75) is 12.8 Å². The molecular formula is C8H17N3S. The molecule has 3 nitrogen and oxygen atoms in total. The highest BCUT2D eigenvalue weighted by Gasteiger charge is 2.12. The SMILES string of the molecule is CN=C(N)NCC1CCSCC1. The van der Waals surface area contributed by atoms with Crippen LogP contribution in [0.15, 0.2) is 4.99 Å². The maximum atomic E-state index is 5.52. The maximum absolute atomic E-state index is 5.52. The average molecular weight is 187 g/mol. The number of guanidine groups is 1. The van der Waals surface area contributed by atoms with Crippen LogP contribution >= 0.6 is 11.8 Å². The van der Waals surface area contributed by atoms with Gasteiger partial charge >= 0.3 is 0 Å². The number of rotatable bonds is 2. The molecule has 0 aliphatic carbocycles. The van der Waals surface area contributed by atoms with Gasteiger partial charge in [0.25, 0.3) is 0 Å². The predicted molar refractivity (Wildman–Crippen MR) is 55.6 cm³/mol. The lowest BCUT2D eigenvalue weighted by atomic mass is 10.0. The molecule has 0 spiro atoms. The molecule has 1 fully saturated rings. The summed E-state index contributed by atoms with van der Waals surface area (Å²) in [5.41, 5.74) is 5.52. The van der Waals surface area contributed by atoms with E-state index in [1.165, 1.54) is 24.3 Å². The van der Waals surface area contributed by atoms with Crippen molar-refractivity contribution in [2.75, 3.05) is 25.1 Å². The summed E-state index contributed by atoms with van der Waals surface area (Å²) in [6.07, 6.45) is 2.63. The highest BCUT2D eigenvalue weighted by Crippen LogP contribution is 2.21. The summed E-state index contributed by atoms with van der Waals surface area (Å²) >= 11 is 2.05. The second-order valence-corrected chi connectivity index (χ2v) is 4.27. The summed E-state index contributed by atoms with van der Waals surface area (Å²) in [5.74, 6) is 3.96. The van der Waals surface area contributed by atoms with E-state index in [1.807, 2.05) is 11.8 Å². The number of aliphatic imine (C=N–C) groups is 1. The smallest absolute Gasteiger partial charge is 0.188 e. The Morgan fingerprint density at radius 1 is 1.58 bits per heavy atom. The lowest BCUT2D eigenvalue weighted by Crippen LogP contribution is -2.36. The van der Waals surface area contributed by atoms with Crippen LogP contribution < -0.4 is 11.1 Å². The van der Waals surface area contributed by atoms with Crippen LogP contribution in [0.5, 0.6) is 0 Å². The van der Waals surface area contributed by atoms with Gasteiger partial charge in [-0.1, -0.05) is 0 Å². The molecule has 1 aliphatic rings. The van der Waals surface area contributed by atoms with Crippen molar-refractivity contribution in [3.8, 4) is 0 Å². The second-order valence-electron chi connectivity index (χ2n) is 3.05. The highest BCUT2D eigenvalue weighted by molar-refractivity contribution is 7.99. The van der Waals surface area contributed by atoms with Crippen LogP contribution in [0.25, 0.3) is 0 Å². The molecule has 0 radical (unpaired) electrons. The lowest BCUT2D eigenvalue weighted by Gasteiger charge is -2.21. The van der Waals surface area contributed by atoms with E-state index in [2.05, 4.69) is 10.3 Å². The fourth-order valence-corrected chi connectivity index (χ4v) is 2.48. The van der Waals surface area contributed by atoms with Gasteiger partial charge in [-0.15, -0.1) is 0 Å². The maximum Gasteiger partial charge on any atom is 0.188 e. The number of hydrogen-bond acceptors (Lipinski definition) is 2. The molecule has 12 heavy (non-hydrogen) atoms. The van der Waals surface area contributed by atoms with Crippen molar-refractivity contribution in [3.05, 3.63) is 0 Å². The molecule has 0 aromatic heterocycles. The van der Waals surface area contributed by atoms with Crippen molar-refractivity contribution in [1.82, 2.24) is 5.32 Å². The minimum absolute atomic E-state index is 0.563. The van der Waals surface area contributed by atoms with Crippen LogP contribution in [0.3, 0.4) is 0 Å². The molecule has 0 atom stereocenters. The number of nitrogens with zero attached hydrogens (tertiary/aromatic N) is 1. The number of nitrogens with two attached hydrogens (primary N) is 1. The summed E-state index contributed by atoms with van der Waals surface area (Å²) in [5, 5.41) is 3.12. The predicted octanol–water partition coefficient (Wildman–Crippen LogP) is 0.664. The van der Waals surface area contributed by atoms with E-state index in [-0.39, 0.29) is 0 Å². The van der Waals surface area contributed by atoms with Gasteiger partial charge in [0.2, 0.25) is 0 Å². The Balaban J connectivity index is 2.13. The standard InChI is InChI=1S/C8H17N3S/c1-10-8(9)11-6-7-2-4-12-5-3-7/h7H,2-6H2,1H3,(H3,9,10,11). The third kappa shape index (κ3) is 3.34. The molecule has 0 bridgehead atoms. The van der Waals surface area contributed by atoms with Gasteiger partial charge in [-0.2, -0.15) is 11.8 Å². The number of thioether (sulfide) groups is 1. The van der Waals surface area contributed by atoms with E-state index < -0.39 is 0 Å². The topological polar surface area (TPSA) is 50.4 Å². The molecule has 0 saturated carbocycles. The monoisotopic (exact) mass is 187 g/mol. The Labute approximate surface area is 78.2 Å². The Hall–Kier alpha value is -0.380. The molecule has 70 valence electrons. The first-order valence-electron chi connectivity index (χ1n) is 4.37. The minimum atomic E-state index is 0.563. The van der Waals surface area contributed by atoms with Crippen molar-refractivity contribution in [2.24, 2.45) is 16.6 Å². The first kappa shape index (κ1) is 9.71. The molecule has 0 unspecified atom stereocenters. The molecular weight excluding hydrogens is 170 g/mol. The van der Waals surface area contributed by atoms with Gasteiger partial charge in [-0.3, -0.25) is 4.99 Å². The Kier molecular flexibility index (Phi) is 4.29. The third-order valence-electron chi connectivity index (χ3n) is 2.15. The summed E-state index contributed by atoms with van der Waals surface area (Å²) in [7, 11) is 1.71. The van der Waals surface area contributed by atoms with Gasteiger partial charge < -0.3 is 11.1 Å². The van der Waals surface area contributed by atoms with Gasteiger partial charge in [-0.05, 0) is 30.3 Å². The van der Waals surface area contributed by atoms with Crippen molar-refractivity contribution in [3.63, 3.8) is 0 Å². The summed E-state index contributed by atoms with van der Waals surface area (Å²) < 4.78 is 0. The molecule has 1 heterocycles. The number of nitrogens with one attached hydrogen (secondary N) is 1. The fraction of sp³-hybridized carbons (Fsp3) is 0.875. The first-order valence-corrected chi connectivity index (χ1v) is 5.52. The zero-order valence-electron chi connectivity index (χ0n) is 7.55. The molecule has 1 aliphatic heterocycles. The van der Waals surface area contributed by atoms with Gasteiger partial charge in [0.05, 0.1) is 0 Å². The van der Waals surface area contributed by atoms with E-state index in [1.54, 1.807) is 7.05 Å². The van der Waals surface area contributed by atoms with Gasteiger partial charge in [0.1, 0.15) is 0 Å². The average Bonchev–Trinajstić information content (AvgIpc) is 2.16. The molecule has 0 amide bonds. The highest BCUT2D eigenvalue weighted by atomic mass is 32.2. The van der Waals surface area contributed by atoms with E-state index in [4.69, 9.17) is 5.73 Å². The van der Waals surface area contributed by atoms with Crippen molar-refractivity contribution >= 4 is 17.7 Å².